The first-order chi connectivity index (χ1) is 14.5. The maximum Gasteiger partial charge on any atom is 0.0922 e. The Kier molecular flexibility index (Phi) is 16.1. The zero-order valence-corrected chi connectivity index (χ0v) is 21.7. The molecule has 3 atom stereocenters. The Hall–Kier alpha value is -0.410. The minimum atomic E-state index is 0. The Bertz CT molecular complexity index is 535. The van der Waals surface area contributed by atoms with Gasteiger partial charge < -0.3 is 36.5 Å². The van der Waals surface area contributed by atoms with Crippen LogP contribution in [0.1, 0.15) is 65.2 Å². The minimum Gasteiger partial charge on any atom is -0.501 e. The molecule has 0 aromatic heterocycles. The molecule has 3 rings (SSSR count). The zero-order chi connectivity index (χ0) is 21.5. The monoisotopic (exact) mass is 494 g/mol. The van der Waals surface area contributed by atoms with Crippen molar-refractivity contribution in [2.24, 2.45) is 29.6 Å². The van der Waals surface area contributed by atoms with E-state index in [2.05, 4.69) is 30.1 Å². The van der Waals surface area contributed by atoms with E-state index in [1.807, 2.05) is 0 Å². The van der Waals surface area contributed by atoms with Gasteiger partial charge in [0.1, 0.15) is 0 Å². The molecule has 8 heteroatoms. The lowest BCUT2D eigenvalue weighted by molar-refractivity contribution is 0.111. The average molecular weight is 495 g/mol. The highest BCUT2D eigenvalue weighted by Gasteiger charge is 2.31. The van der Waals surface area contributed by atoms with Crippen LogP contribution >= 0.6 is 11.6 Å². The summed E-state index contributed by atoms with van der Waals surface area (Å²) in [7, 11) is 1.75. The summed E-state index contributed by atoms with van der Waals surface area (Å²) in [6.07, 6.45) is 12.0. The van der Waals surface area contributed by atoms with Crippen LogP contribution in [0.5, 0.6) is 0 Å². The molecule has 2 fully saturated rings. The van der Waals surface area contributed by atoms with Gasteiger partial charge in [0.05, 0.1) is 12.9 Å². The summed E-state index contributed by atoms with van der Waals surface area (Å²) in [5.41, 5.74) is 0. The first-order valence-electron chi connectivity index (χ1n) is 12.4. The third kappa shape index (κ3) is 10.0. The molecule has 0 aromatic carbocycles. The summed E-state index contributed by atoms with van der Waals surface area (Å²) in [5.74, 6) is 4.30. The summed E-state index contributed by atoms with van der Waals surface area (Å²) >= 11 is 6.31. The van der Waals surface area contributed by atoms with Crippen molar-refractivity contribution < 1.29 is 26.3 Å². The van der Waals surface area contributed by atoms with Crippen LogP contribution in [0.4, 0.5) is 0 Å². The van der Waals surface area contributed by atoms with Gasteiger partial charge in [-0.3, -0.25) is 0 Å². The van der Waals surface area contributed by atoms with E-state index in [1.165, 1.54) is 51.6 Å². The second kappa shape index (κ2) is 16.3. The fourth-order valence-electron chi connectivity index (χ4n) is 5.89. The molecule has 0 radical (unpaired) electrons. The van der Waals surface area contributed by atoms with E-state index in [1.54, 1.807) is 7.11 Å². The molecular weight excluding hydrogens is 444 g/mol. The molecule has 3 aliphatic rings. The van der Waals surface area contributed by atoms with Crippen molar-refractivity contribution in [2.75, 3.05) is 39.9 Å². The molecule has 198 valence electrons. The normalized spacial score (nSPS) is 29.8. The summed E-state index contributed by atoms with van der Waals surface area (Å²) < 4.78 is 5.50. The van der Waals surface area contributed by atoms with Crippen LogP contribution in [-0.4, -0.2) is 77.7 Å². The Balaban J connectivity index is 0.00000341. The molecule has 1 aliphatic heterocycles. The molecule has 0 amide bonds. The van der Waals surface area contributed by atoms with Crippen molar-refractivity contribution in [2.45, 2.75) is 76.6 Å². The minimum absolute atomic E-state index is 0. The van der Waals surface area contributed by atoms with Crippen LogP contribution in [0.2, 0.25) is 0 Å². The number of halogens is 1. The molecule has 33 heavy (non-hydrogen) atoms. The van der Waals surface area contributed by atoms with Gasteiger partial charge in [0, 0.05) is 36.9 Å². The fraction of sp³-hybridized carbons (Fsp3) is 0.920. The standard InChI is InChI=1S/C25H45ClN2O2.3H2O/c1-18(2)25(27-15-19-12-20(17-29)14-24(13-19)30-3)16-28-10-8-22(9-11-28)21-4-6-23(26)7-5-21;;;/h14,18-23,25,27,29H,4-13,15-17H2,1-3H3;3*1H2/t19?,20?,21?,23?,25-;;;/m0.../s1. The highest BCUT2D eigenvalue weighted by atomic mass is 35.5. The van der Waals surface area contributed by atoms with Gasteiger partial charge in [-0.25, -0.2) is 0 Å². The van der Waals surface area contributed by atoms with E-state index in [-0.39, 0.29) is 29.0 Å². The van der Waals surface area contributed by atoms with Gasteiger partial charge >= 0.3 is 0 Å². The van der Waals surface area contributed by atoms with Gasteiger partial charge in [0.15, 0.2) is 0 Å². The predicted octanol–water partition coefficient (Wildman–Crippen LogP) is 2.18. The van der Waals surface area contributed by atoms with E-state index in [4.69, 9.17) is 16.3 Å². The second-order valence-electron chi connectivity index (χ2n) is 10.5. The third-order valence-electron chi connectivity index (χ3n) is 7.97. The van der Waals surface area contributed by atoms with Crippen molar-refractivity contribution in [1.29, 1.82) is 0 Å². The number of allylic oxidation sites excluding steroid dienone is 1. The molecule has 8 N–H and O–H groups in total. The summed E-state index contributed by atoms with van der Waals surface area (Å²) in [4.78, 5) is 2.69. The van der Waals surface area contributed by atoms with Crippen molar-refractivity contribution >= 4 is 11.6 Å². The number of likely N-dealkylation sites (tertiary alicyclic amines) is 1. The van der Waals surface area contributed by atoms with Crippen molar-refractivity contribution in [3.05, 3.63) is 11.8 Å². The van der Waals surface area contributed by atoms with E-state index in [0.29, 0.717) is 23.3 Å². The lowest BCUT2D eigenvalue weighted by atomic mass is 9.75. The second-order valence-corrected chi connectivity index (χ2v) is 11.1. The van der Waals surface area contributed by atoms with Crippen molar-refractivity contribution in [3.8, 4) is 0 Å². The number of ether oxygens (including phenoxy) is 1. The Morgan fingerprint density at radius 2 is 1.67 bits per heavy atom. The van der Waals surface area contributed by atoms with Gasteiger partial charge in [-0.15, -0.1) is 11.6 Å². The van der Waals surface area contributed by atoms with E-state index < -0.39 is 0 Å². The van der Waals surface area contributed by atoms with Crippen molar-refractivity contribution in [3.63, 3.8) is 0 Å². The van der Waals surface area contributed by atoms with E-state index in [9.17, 15) is 5.11 Å². The largest absolute Gasteiger partial charge is 0.501 e. The number of aliphatic hydroxyl groups excluding tert-OH is 1. The first kappa shape index (κ1) is 32.6. The number of nitrogens with one attached hydrogen (secondary N) is 1. The first-order valence-corrected chi connectivity index (χ1v) is 12.9. The summed E-state index contributed by atoms with van der Waals surface area (Å²) in [6.45, 7) is 9.57. The van der Waals surface area contributed by atoms with Gasteiger partial charge in [-0.1, -0.05) is 13.8 Å². The zero-order valence-electron chi connectivity index (χ0n) is 21.0. The number of methoxy groups -OCH3 is 1. The lowest BCUT2D eigenvalue weighted by Crippen LogP contribution is -2.48. The Morgan fingerprint density at radius 3 is 2.21 bits per heavy atom. The quantitative estimate of drug-likeness (QED) is 0.474. The smallest absolute Gasteiger partial charge is 0.0922 e. The van der Waals surface area contributed by atoms with Crippen molar-refractivity contribution in [1.82, 2.24) is 10.2 Å². The van der Waals surface area contributed by atoms with Gasteiger partial charge in [0.25, 0.3) is 0 Å². The number of hydrogen-bond donors (Lipinski definition) is 2. The molecule has 0 bridgehead atoms. The van der Waals surface area contributed by atoms with Crippen LogP contribution in [0.3, 0.4) is 0 Å². The molecule has 2 aliphatic carbocycles. The maximum absolute atomic E-state index is 9.60. The maximum atomic E-state index is 9.60. The molecule has 1 saturated carbocycles. The van der Waals surface area contributed by atoms with Crippen LogP contribution in [0.25, 0.3) is 0 Å². The third-order valence-corrected chi connectivity index (χ3v) is 8.41. The number of piperidine rings is 1. The Morgan fingerprint density at radius 1 is 1.06 bits per heavy atom. The Labute approximate surface area is 206 Å². The summed E-state index contributed by atoms with van der Waals surface area (Å²) in [6, 6.07) is 0.526. The van der Waals surface area contributed by atoms with E-state index >= 15 is 0 Å². The lowest BCUT2D eigenvalue weighted by Gasteiger charge is -2.40. The summed E-state index contributed by atoms with van der Waals surface area (Å²) in [5, 5.41) is 13.9. The number of nitrogens with zero attached hydrogens (tertiary/aromatic N) is 1. The van der Waals surface area contributed by atoms with E-state index in [0.717, 1.165) is 43.5 Å². The van der Waals surface area contributed by atoms with Crippen LogP contribution in [0.15, 0.2) is 11.8 Å². The molecular formula is C25H51ClN2O5. The number of alkyl halides is 1. The SMILES string of the molecule is COC1=CC(CO)CC(CN[C@@H](CN2CCC(C3CCC(Cl)CC3)CC2)C(C)C)C1.O.O.O. The topological polar surface area (TPSA) is 139 Å². The average Bonchev–Trinajstić information content (AvgIpc) is 2.77. The molecule has 7 nitrogen and oxygen atoms in total. The molecule has 2 unspecified atom stereocenters. The van der Waals surface area contributed by atoms with Gasteiger partial charge in [-0.05, 0) is 94.3 Å². The number of rotatable bonds is 9. The molecule has 1 saturated heterocycles. The van der Waals surface area contributed by atoms with Gasteiger partial charge in [-0.2, -0.15) is 0 Å². The molecule has 0 aromatic rings. The van der Waals surface area contributed by atoms with Crippen LogP contribution in [-0.2, 0) is 4.74 Å². The van der Waals surface area contributed by atoms with Crippen LogP contribution < -0.4 is 5.32 Å². The number of hydrogen-bond acceptors (Lipinski definition) is 4. The predicted molar refractivity (Wildman–Crippen MR) is 137 cm³/mol. The highest BCUT2D eigenvalue weighted by molar-refractivity contribution is 6.20. The van der Waals surface area contributed by atoms with Crippen LogP contribution in [0, 0.1) is 29.6 Å². The highest BCUT2D eigenvalue weighted by Crippen LogP contribution is 2.37. The van der Waals surface area contributed by atoms with Gasteiger partial charge in [0.2, 0.25) is 0 Å². The molecule has 0 spiro atoms. The number of aliphatic hydroxyl groups is 1. The fourth-order valence-corrected chi connectivity index (χ4v) is 6.15. The molecule has 1 heterocycles.